The van der Waals surface area contributed by atoms with Gasteiger partial charge in [0.2, 0.25) is 0 Å². The van der Waals surface area contributed by atoms with Crippen LogP contribution in [0, 0.1) is 18.8 Å². The van der Waals surface area contributed by atoms with Gasteiger partial charge in [0.15, 0.2) is 0 Å². The van der Waals surface area contributed by atoms with Gasteiger partial charge in [-0.2, -0.15) is 0 Å². The second kappa shape index (κ2) is 7.26. The maximum Gasteiger partial charge on any atom is 0.251 e. The van der Waals surface area contributed by atoms with E-state index in [0.717, 1.165) is 30.6 Å². The van der Waals surface area contributed by atoms with E-state index in [1.165, 1.54) is 0 Å². The van der Waals surface area contributed by atoms with Crippen molar-refractivity contribution < 1.29 is 9.90 Å². The summed E-state index contributed by atoms with van der Waals surface area (Å²) in [5.74, 6) is 5.89. The molecule has 1 aromatic carbocycles. The fourth-order valence-corrected chi connectivity index (χ4v) is 2.48. The van der Waals surface area contributed by atoms with E-state index in [9.17, 15) is 4.79 Å². The Hall–Kier alpha value is -1.83. The maximum absolute atomic E-state index is 12.2. The van der Waals surface area contributed by atoms with Crippen LogP contribution >= 0.6 is 0 Å². The average molecular weight is 286 g/mol. The number of carbonyl (C=O) groups is 1. The SMILES string of the molecule is Cc1cc(C(=O)NC2CCN(C)C2)ccc1C#CCCO. The minimum Gasteiger partial charge on any atom is -0.395 e. The quantitative estimate of drug-likeness (QED) is 0.820. The number of aliphatic hydroxyl groups is 1. The highest BCUT2D eigenvalue weighted by Crippen LogP contribution is 2.12. The highest BCUT2D eigenvalue weighted by Gasteiger charge is 2.21. The molecule has 1 aliphatic rings. The first kappa shape index (κ1) is 15.6. The lowest BCUT2D eigenvalue weighted by molar-refractivity contribution is 0.0938. The van der Waals surface area contributed by atoms with Gasteiger partial charge < -0.3 is 15.3 Å². The number of rotatable bonds is 3. The highest BCUT2D eigenvalue weighted by molar-refractivity contribution is 5.94. The molecule has 0 bridgehead atoms. The van der Waals surface area contributed by atoms with E-state index in [-0.39, 0.29) is 18.6 Å². The van der Waals surface area contributed by atoms with Gasteiger partial charge >= 0.3 is 0 Å². The predicted octanol–water partition coefficient (Wildman–Crippen LogP) is 1.16. The topological polar surface area (TPSA) is 52.6 Å². The Bertz CT molecular complexity index is 572. The van der Waals surface area contributed by atoms with Gasteiger partial charge in [0, 0.05) is 30.1 Å². The third-order valence-corrected chi connectivity index (χ3v) is 3.68. The van der Waals surface area contributed by atoms with Gasteiger partial charge in [-0.25, -0.2) is 0 Å². The molecule has 4 heteroatoms. The summed E-state index contributed by atoms with van der Waals surface area (Å²) >= 11 is 0. The van der Waals surface area contributed by atoms with E-state index < -0.39 is 0 Å². The van der Waals surface area contributed by atoms with E-state index in [2.05, 4.69) is 29.1 Å². The number of nitrogens with zero attached hydrogens (tertiary/aromatic N) is 1. The summed E-state index contributed by atoms with van der Waals surface area (Å²) in [7, 11) is 2.07. The Kier molecular flexibility index (Phi) is 5.38. The molecular formula is C17H22N2O2. The molecule has 2 N–H and O–H groups in total. The summed E-state index contributed by atoms with van der Waals surface area (Å²) in [4.78, 5) is 14.5. The molecule has 1 aliphatic heterocycles. The summed E-state index contributed by atoms with van der Waals surface area (Å²) in [6.45, 7) is 3.96. The number of hydrogen-bond acceptors (Lipinski definition) is 3. The fourth-order valence-electron chi connectivity index (χ4n) is 2.48. The zero-order valence-corrected chi connectivity index (χ0v) is 12.6. The van der Waals surface area contributed by atoms with Crippen LogP contribution in [0.2, 0.25) is 0 Å². The molecule has 4 nitrogen and oxygen atoms in total. The van der Waals surface area contributed by atoms with Crippen LogP contribution < -0.4 is 5.32 Å². The van der Waals surface area contributed by atoms with Crippen LogP contribution in [0.1, 0.15) is 34.3 Å². The third kappa shape index (κ3) is 4.32. The first-order valence-corrected chi connectivity index (χ1v) is 7.30. The van der Waals surface area contributed by atoms with Gasteiger partial charge in [-0.15, -0.1) is 0 Å². The van der Waals surface area contributed by atoms with E-state index >= 15 is 0 Å². The smallest absolute Gasteiger partial charge is 0.251 e. The number of aliphatic hydroxyl groups excluding tert-OH is 1. The molecule has 0 spiro atoms. The second-order valence-corrected chi connectivity index (χ2v) is 5.53. The first-order valence-electron chi connectivity index (χ1n) is 7.30. The Morgan fingerprint density at radius 2 is 2.33 bits per heavy atom. The van der Waals surface area contributed by atoms with Crippen molar-refractivity contribution in [2.24, 2.45) is 0 Å². The lowest BCUT2D eigenvalue weighted by Gasteiger charge is -2.13. The minimum absolute atomic E-state index is 0.0201. The number of aryl methyl sites for hydroxylation is 1. The van der Waals surface area contributed by atoms with Crippen molar-refractivity contribution in [3.63, 3.8) is 0 Å². The molecule has 1 amide bonds. The molecular weight excluding hydrogens is 264 g/mol. The van der Waals surface area contributed by atoms with Crippen LogP contribution in [0.5, 0.6) is 0 Å². The van der Waals surface area contributed by atoms with E-state index in [1.807, 2.05) is 25.1 Å². The molecule has 1 aromatic rings. The van der Waals surface area contributed by atoms with E-state index in [0.29, 0.717) is 12.0 Å². The molecule has 2 rings (SSSR count). The van der Waals surface area contributed by atoms with Crippen molar-refractivity contribution in [1.29, 1.82) is 0 Å². The van der Waals surface area contributed by atoms with E-state index in [4.69, 9.17) is 5.11 Å². The zero-order chi connectivity index (χ0) is 15.2. The number of amides is 1. The van der Waals surface area contributed by atoms with Crippen molar-refractivity contribution in [2.75, 3.05) is 26.7 Å². The zero-order valence-electron chi connectivity index (χ0n) is 12.6. The number of likely N-dealkylation sites (tertiary alicyclic amines) is 1. The van der Waals surface area contributed by atoms with Crippen LogP contribution in [0.4, 0.5) is 0 Å². The normalized spacial score (nSPS) is 18.1. The Morgan fingerprint density at radius 1 is 1.52 bits per heavy atom. The number of hydrogen-bond donors (Lipinski definition) is 2. The summed E-state index contributed by atoms with van der Waals surface area (Å²) in [5, 5.41) is 11.8. The van der Waals surface area contributed by atoms with Crippen LogP contribution in [0.15, 0.2) is 18.2 Å². The van der Waals surface area contributed by atoms with Gasteiger partial charge in [0.25, 0.3) is 5.91 Å². The summed E-state index contributed by atoms with van der Waals surface area (Å²) < 4.78 is 0. The van der Waals surface area contributed by atoms with Crippen LogP contribution in [-0.4, -0.2) is 48.7 Å². The molecule has 1 fully saturated rings. The standard InChI is InChI=1S/C17H22N2O2/c1-13-11-15(7-6-14(13)5-3-4-10-20)17(21)18-16-8-9-19(2)12-16/h6-7,11,16,20H,4,8-10,12H2,1-2H3,(H,18,21). The van der Waals surface area contributed by atoms with E-state index in [1.54, 1.807) is 0 Å². The predicted molar refractivity (Wildman–Crippen MR) is 83.1 cm³/mol. The summed E-state index contributed by atoms with van der Waals surface area (Å²) in [5.41, 5.74) is 2.56. The van der Waals surface area contributed by atoms with Crippen molar-refractivity contribution >= 4 is 5.91 Å². The van der Waals surface area contributed by atoms with Crippen molar-refractivity contribution in [3.8, 4) is 11.8 Å². The third-order valence-electron chi connectivity index (χ3n) is 3.68. The van der Waals surface area contributed by atoms with Crippen molar-refractivity contribution in [2.45, 2.75) is 25.8 Å². The molecule has 0 aliphatic carbocycles. The Morgan fingerprint density at radius 3 is 2.95 bits per heavy atom. The van der Waals surface area contributed by atoms with Crippen LogP contribution in [-0.2, 0) is 0 Å². The maximum atomic E-state index is 12.2. The van der Waals surface area contributed by atoms with Gasteiger partial charge in [0.1, 0.15) is 0 Å². The van der Waals surface area contributed by atoms with Crippen LogP contribution in [0.3, 0.4) is 0 Å². The lowest BCUT2D eigenvalue weighted by Crippen LogP contribution is -2.36. The minimum atomic E-state index is -0.0201. The monoisotopic (exact) mass is 286 g/mol. The Labute approximate surface area is 126 Å². The summed E-state index contributed by atoms with van der Waals surface area (Å²) in [6, 6.07) is 5.79. The van der Waals surface area contributed by atoms with Crippen molar-refractivity contribution in [1.82, 2.24) is 10.2 Å². The van der Waals surface area contributed by atoms with Crippen LogP contribution in [0.25, 0.3) is 0 Å². The van der Waals surface area contributed by atoms with Gasteiger partial charge in [0.05, 0.1) is 6.61 Å². The molecule has 21 heavy (non-hydrogen) atoms. The molecule has 0 radical (unpaired) electrons. The highest BCUT2D eigenvalue weighted by atomic mass is 16.2. The van der Waals surface area contributed by atoms with Gasteiger partial charge in [-0.3, -0.25) is 4.79 Å². The largest absolute Gasteiger partial charge is 0.395 e. The number of likely N-dealkylation sites (N-methyl/N-ethyl adjacent to an activating group) is 1. The molecule has 1 saturated heterocycles. The fraction of sp³-hybridized carbons (Fsp3) is 0.471. The molecule has 0 aromatic heterocycles. The van der Waals surface area contributed by atoms with Gasteiger partial charge in [-0.05, 0) is 50.7 Å². The number of carbonyl (C=O) groups excluding carboxylic acids is 1. The molecule has 1 atom stereocenters. The average Bonchev–Trinajstić information content (AvgIpc) is 2.86. The van der Waals surface area contributed by atoms with Gasteiger partial charge in [-0.1, -0.05) is 11.8 Å². The number of benzene rings is 1. The molecule has 1 unspecified atom stereocenters. The van der Waals surface area contributed by atoms with Crippen molar-refractivity contribution in [3.05, 3.63) is 34.9 Å². The first-order chi connectivity index (χ1) is 10.1. The lowest BCUT2D eigenvalue weighted by atomic mass is 10.0. The number of nitrogens with one attached hydrogen (secondary N) is 1. The molecule has 1 heterocycles. The molecule has 112 valence electrons. The Balaban J connectivity index is 2.02. The molecule has 0 saturated carbocycles. The second-order valence-electron chi connectivity index (χ2n) is 5.53. The summed E-state index contributed by atoms with van der Waals surface area (Å²) in [6.07, 6.45) is 1.48.